The van der Waals surface area contributed by atoms with Crippen molar-refractivity contribution in [2.45, 2.75) is 38.4 Å². The molecule has 0 amide bonds. The molecule has 0 atom stereocenters. The standard InChI is InChI=1S/C21H26N2O3S/c1-15(2)27(25,26)23-13-7-3-6-12-22-16-10-11-18-17-8-4-5-9-19(17)21(24)20(18)14-16/h4-5,8-11,14-15,22-23H,3,6-7,12-13H2,1-2H3. The molecule has 6 heteroatoms. The maximum absolute atomic E-state index is 12.5. The number of carbonyl (C=O) groups excluding carboxylic acids is 1. The average Bonchev–Trinajstić information content (AvgIpc) is 2.93. The molecule has 0 unspecified atom stereocenters. The molecule has 0 fully saturated rings. The van der Waals surface area contributed by atoms with E-state index >= 15 is 0 Å². The van der Waals surface area contributed by atoms with E-state index in [0.29, 0.717) is 6.54 Å². The van der Waals surface area contributed by atoms with Gasteiger partial charge in [-0.1, -0.05) is 36.8 Å². The second-order valence-corrected chi connectivity index (χ2v) is 9.43. The van der Waals surface area contributed by atoms with Crippen molar-refractivity contribution < 1.29 is 13.2 Å². The van der Waals surface area contributed by atoms with Gasteiger partial charge in [-0.2, -0.15) is 0 Å². The van der Waals surface area contributed by atoms with Crippen LogP contribution in [0.1, 0.15) is 49.0 Å². The van der Waals surface area contributed by atoms with Gasteiger partial charge in [0.25, 0.3) is 0 Å². The minimum Gasteiger partial charge on any atom is -0.385 e. The Morgan fingerprint density at radius 2 is 1.52 bits per heavy atom. The number of nitrogens with one attached hydrogen (secondary N) is 2. The van der Waals surface area contributed by atoms with Gasteiger partial charge in [0.05, 0.1) is 5.25 Å². The first-order valence-corrected chi connectivity index (χ1v) is 11.0. The smallest absolute Gasteiger partial charge is 0.213 e. The number of anilines is 1. The van der Waals surface area contributed by atoms with Crippen LogP contribution >= 0.6 is 0 Å². The fraction of sp³-hybridized carbons (Fsp3) is 0.381. The second kappa shape index (κ2) is 8.23. The van der Waals surface area contributed by atoms with Gasteiger partial charge in [0.2, 0.25) is 10.0 Å². The van der Waals surface area contributed by atoms with E-state index in [9.17, 15) is 13.2 Å². The van der Waals surface area contributed by atoms with Crippen LogP contribution in [0.4, 0.5) is 5.69 Å². The Morgan fingerprint density at radius 1 is 0.852 bits per heavy atom. The van der Waals surface area contributed by atoms with Gasteiger partial charge in [0.15, 0.2) is 5.78 Å². The molecule has 0 spiro atoms. The van der Waals surface area contributed by atoms with Crippen molar-refractivity contribution in [2.24, 2.45) is 0 Å². The van der Waals surface area contributed by atoms with Crippen LogP contribution in [0.15, 0.2) is 42.5 Å². The maximum Gasteiger partial charge on any atom is 0.213 e. The van der Waals surface area contributed by atoms with Gasteiger partial charge < -0.3 is 5.32 Å². The number of unbranched alkanes of at least 4 members (excludes halogenated alkanes) is 2. The summed E-state index contributed by atoms with van der Waals surface area (Å²) in [4.78, 5) is 12.5. The maximum atomic E-state index is 12.5. The summed E-state index contributed by atoms with van der Waals surface area (Å²) < 4.78 is 25.9. The third-order valence-electron chi connectivity index (χ3n) is 4.83. The fourth-order valence-corrected chi connectivity index (χ4v) is 3.94. The largest absolute Gasteiger partial charge is 0.385 e. The molecule has 0 saturated carbocycles. The highest BCUT2D eigenvalue weighted by molar-refractivity contribution is 7.90. The van der Waals surface area contributed by atoms with Crippen molar-refractivity contribution in [1.29, 1.82) is 0 Å². The molecule has 2 N–H and O–H groups in total. The summed E-state index contributed by atoms with van der Waals surface area (Å²) >= 11 is 0. The summed E-state index contributed by atoms with van der Waals surface area (Å²) in [6, 6.07) is 13.6. The van der Waals surface area contributed by atoms with E-state index in [4.69, 9.17) is 0 Å². The third-order valence-corrected chi connectivity index (χ3v) is 6.68. The first-order chi connectivity index (χ1) is 12.9. The molecule has 27 heavy (non-hydrogen) atoms. The van der Waals surface area contributed by atoms with E-state index in [0.717, 1.165) is 53.7 Å². The molecule has 5 nitrogen and oxygen atoms in total. The van der Waals surface area contributed by atoms with E-state index in [-0.39, 0.29) is 5.78 Å². The highest BCUT2D eigenvalue weighted by atomic mass is 32.2. The van der Waals surface area contributed by atoms with Crippen molar-refractivity contribution in [3.63, 3.8) is 0 Å². The van der Waals surface area contributed by atoms with Crippen molar-refractivity contribution in [3.05, 3.63) is 53.6 Å². The molecule has 2 aromatic rings. The zero-order chi connectivity index (χ0) is 19.4. The Balaban J connectivity index is 1.45. The molecule has 0 heterocycles. The topological polar surface area (TPSA) is 75.3 Å². The van der Waals surface area contributed by atoms with Gasteiger partial charge in [0, 0.05) is 29.9 Å². The molecule has 0 saturated heterocycles. The lowest BCUT2D eigenvalue weighted by Gasteiger charge is -2.10. The summed E-state index contributed by atoms with van der Waals surface area (Å²) in [7, 11) is -3.17. The molecular weight excluding hydrogens is 360 g/mol. The molecule has 2 aromatic carbocycles. The number of benzene rings is 2. The summed E-state index contributed by atoms with van der Waals surface area (Å²) in [6.07, 6.45) is 2.68. The number of ketones is 1. The van der Waals surface area contributed by atoms with Gasteiger partial charge in [-0.25, -0.2) is 13.1 Å². The number of hydrogen-bond acceptors (Lipinski definition) is 4. The summed E-state index contributed by atoms with van der Waals surface area (Å²) in [5.41, 5.74) is 4.47. The SMILES string of the molecule is CC(C)S(=O)(=O)NCCCCCNc1ccc2c(c1)C(=O)c1ccccc1-2. The summed E-state index contributed by atoms with van der Waals surface area (Å²) in [5.74, 6) is 0.0849. The fourth-order valence-electron chi connectivity index (χ4n) is 3.18. The van der Waals surface area contributed by atoms with Crippen LogP contribution in [0.25, 0.3) is 11.1 Å². The predicted octanol–water partition coefficient (Wildman–Crippen LogP) is 3.81. The molecule has 144 valence electrons. The van der Waals surface area contributed by atoms with Crippen molar-refractivity contribution >= 4 is 21.5 Å². The van der Waals surface area contributed by atoms with Crippen molar-refractivity contribution in [3.8, 4) is 11.1 Å². The Bertz CT molecular complexity index is 936. The van der Waals surface area contributed by atoms with Crippen LogP contribution in [0.2, 0.25) is 0 Å². The lowest BCUT2D eigenvalue weighted by atomic mass is 10.1. The van der Waals surface area contributed by atoms with E-state index in [2.05, 4.69) is 10.0 Å². The zero-order valence-electron chi connectivity index (χ0n) is 15.8. The quantitative estimate of drug-likeness (QED) is 0.549. The molecule has 3 rings (SSSR count). The normalized spacial score (nSPS) is 12.9. The number of fused-ring (bicyclic) bond motifs is 3. The van der Waals surface area contributed by atoms with Crippen molar-refractivity contribution in [2.75, 3.05) is 18.4 Å². The minimum atomic E-state index is -3.17. The number of sulfonamides is 1. The first-order valence-electron chi connectivity index (χ1n) is 9.40. The highest BCUT2D eigenvalue weighted by Crippen LogP contribution is 2.37. The van der Waals surface area contributed by atoms with Gasteiger partial charge in [-0.15, -0.1) is 0 Å². The molecule has 0 bridgehead atoms. The van der Waals surface area contributed by atoms with Gasteiger partial charge >= 0.3 is 0 Å². The first kappa shape index (κ1) is 19.6. The highest BCUT2D eigenvalue weighted by Gasteiger charge is 2.26. The lowest BCUT2D eigenvalue weighted by Crippen LogP contribution is -2.31. The van der Waals surface area contributed by atoms with Gasteiger partial charge in [-0.3, -0.25) is 4.79 Å². The van der Waals surface area contributed by atoms with Crippen LogP contribution in [-0.2, 0) is 10.0 Å². The third kappa shape index (κ3) is 4.39. The summed E-state index contributed by atoms with van der Waals surface area (Å²) in [5, 5.41) is 2.96. The second-order valence-electron chi connectivity index (χ2n) is 7.11. The lowest BCUT2D eigenvalue weighted by molar-refractivity contribution is 0.104. The van der Waals surface area contributed by atoms with E-state index < -0.39 is 15.3 Å². The van der Waals surface area contributed by atoms with Crippen LogP contribution < -0.4 is 10.0 Å². The molecule has 0 aromatic heterocycles. The average molecular weight is 387 g/mol. The van der Waals surface area contributed by atoms with Crippen LogP contribution in [0, 0.1) is 0 Å². The Kier molecular flexibility index (Phi) is 5.97. The Hall–Kier alpha value is -2.18. The molecule has 1 aliphatic rings. The zero-order valence-corrected chi connectivity index (χ0v) is 16.6. The Labute approximate surface area is 161 Å². The van der Waals surface area contributed by atoms with Gasteiger partial charge in [0.1, 0.15) is 0 Å². The predicted molar refractivity (Wildman–Crippen MR) is 110 cm³/mol. The molecule has 0 aliphatic heterocycles. The van der Waals surface area contributed by atoms with E-state index in [1.165, 1.54) is 0 Å². The minimum absolute atomic E-state index is 0.0849. The van der Waals surface area contributed by atoms with Crippen LogP contribution in [0.5, 0.6) is 0 Å². The van der Waals surface area contributed by atoms with E-state index in [1.54, 1.807) is 13.8 Å². The van der Waals surface area contributed by atoms with E-state index in [1.807, 2.05) is 42.5 Å². The number of rotatable bonds is 9. The molecule has 0 radical (unpaired) electrons. The van der Waals surface area contributed by atoms with Crippen LogP contribution in [-0.4, -0.2) is 32.5 Å². The molecular formula is C21H26N2O3S. The summed E-state index contributed by atoms with van der Waals surface area (Å²) in [6.45, 7) is 4.61. The Morgan fingerprint density at radius 3 is 2.26 bits per heavy atom. The van der Waals surface area contributed by atoms with Crippen LogP contribution in [0.3, 0.4) is 0 Å². The van der Waals surface area contributed by atoms with Gasteiger partial charge in [-0.05, 0) is 49.9 Å². The number of carbonyl (C=O) groups is 1. The number of hydrogen-bond donors (Lipinski definition) is 2. The molecule has 1 aliphatic carbocycles. The van der Waals surface area contributed by atoms with Crippen molar-refractivity contribution in [1.82, 2.24) is 4.72 Å². The monoisotopic (exact) mass is 386 g/mol.